The summed E-state index contributed by atoms with van der Waals surface area (Å²) in [7, 11) is -0.384. The van der Waals surface area contributed by atoms with Crippen LogP contribution < -0.4 is 5.46 Å². The van der Waals surface area contributed by atoms with Crippen molar-refractivity contribution in [2.75, 3.05) is 0 Å². The predicted molar refractivity (Wildman–Crippen MR) is 130 cm³/mol. The molecular weight excluding hydrogens is 397 g/mol. The molecule has 0 saturated carbocycles. The van der Waals surface area contributed by atoms with Crippen LogP contribution in [0.25, 0.3) is 44.1 Å². The molecule has 1 saturated heterocycles. The first kappa shape index (κ1) is 19.5. The van der Waals surface area contributed by atoms with Crippen LogP contribution in [0.1, 0.15) is 27.7 Å². The number of aromatic nitrogens is 1. The van der Waals surface area contributed by atoms with Gasteiger partial charge in [0.15, 0.2) is 5.58 Å². The molecular formula is C27H24BNO3. The quantitative estimate of drug-likeness (QED) is 0.323. The highest BCUT2D eigenvalue weighted by Crippen LogP contribution is 2.39. The molecule has 6 rings (SSSR count). The third-order valence-electron chi connectivity index (χ3n) is 6.93. The van der Waals surface area contributed by atoms with E-state index < -0.39 is 0 Å². The number of para-hydroxylation sites is 2. The van der Waals surface area contributed by atoms with Crippen LogP contribution in [0.4, 0.5) is 0 Å². The van der Waals surface area contributed by atoms with Crippen molar-refractivity contribution in [3.63, 3.8) is 0 Å². The second-order valence-electron chi connectivity index (χ2n) is 9.49. The molecule has 0 aliphatic carbocycles. The molecule has 0 N–H and O–H groups in total. The standard InChI is InChI=1S/C27H24BNO3/c1-26(2)27(3,4)32-28(31-26)18-15-13-17(14-16-18)24-25-23(19-9-5-7-11-21(19)29-24)20-10-6-8-12-22(20)30-25/h5-16H,1-4H3. The lowest BCUT2D eigenvalue weighted by Crippen LogP contribution is -2.41. The normalized spacial score (nSPS) is 17.6. The van der Waals surface area contributed by atoms with Crippen LogP contribution in [-0.2, 0) is 9.31 Å². The second-order valence-corrected chi connectivity index (χ2v) is 9.49. The highest BCUT2D eigenvalue weighted by Gasteiger charge is 2.51. The van der Waals surface area contributed by atoms with Crippen molar-refractivity contribution in [2.24, 2.45) is 0 Å². The molecule has 0 atom stereocenters. The summed E-state index contributed by atoms with van der Waals surface area (Å²) in [5.74, 6) is 0. The van der Waals surface area contributed by atoms with Crippen LogP contribution in [-0.4, -0.2) is 23.3 Å². The fraction of sp³-hybridized carbons (Fsp3) is 0.222. The molecule has 2 aromatic heterocycles. The Morgan fingerprint density at radius 2 is 1.34 bits per heavy atom. The molecule has 3 heterocycles. The van der Waals surface area contributed by atoms with Gasteiger partial charge in [0.1, 0.15) is 11.3 Å². The van der Waals surface area contributed by atoms with E-state index in [1.54, 1.807) is 0 Å². The molecule has 1 fully saturated rings. The van der Waals surface area contributed by atoms with Gasteiger partial charge in [0.05, 0.1) is 16.7 Å². The monoisotopic (exact) mass is 421 g/mol. The van der Waals surface area contributed by atoms with E-state index >= 15 is 0 Å². The topological polar surface area (TPSA) is 44.5 Å². The number of pyridine rings is 1. The SMILES string of the molecule is CC1(C)OB(c2ccc(-c3nc4ccccc4c4c3oc3ccccc34)cc2)OC1(C)C. The fourth-order valence-electron chi connectivity index (χ4n) is 4.41. The van der Waals surface area contributed by atoms with E-state index in [0.29, 0.717) is 0 Å². The van der Waals surface area contributed by atoms with E-state index in [-0.39, 0.29) is 18.3 Å². The Morgan fingerprint density at radius 3 is 2.06 bits per heavy atom. The van der Waals surface area contributed by atoms with Gasteiger partial charge in [0, 0.05) is 21.7 Å². The average Bonchev–Trinajstić information content (AvgIpc) is 3.27. The molecule has 1 aliphatic heterocycles. The molecule has 0 radical (unpaired) electrons. The summed E-state index contributed by atoms with van der Waals surface area (Å²) in [6.07, 6.45) is 0. The van der Waals surface area contributed by atoms with E-state index in [0.717, 1.165) is 49.6 Å². The first-order chi connectivity index (χ1) is 15.3. The van der Waals surface area contributed by atoms with Crippen molar-refractivity contribution in [1.29, 1.82) is 0 Å². The minimum Gasteiger partial charge on any atom is -0.454 e. The zero-order valence-corrected chi connectivity index (χ0v) is 18.7. The lowest BCUT2D eigenvalue weighted by atomic mass is 9.78. The molecule has 5 heteroatoms. The molecule has 5 aromatic rings. The average molecular weight is 421 g/mol. The van der Waals surface area contributed by atoms with Gasteiger partial charge in [0.2, 0.25) is 0 Å². The molecule has 3 aromatic carbocycles. The number of furan rings is 1. The molecule has 158 valence electrons. The van der Waals surface area contributed by atoms with Crippen molar-refractivity contribution in [3.8, 4) is 11.3 Å². The minimum absolute atomic E-state index is 0.364. The summed E-state index contributed by atoms with van der Waals surface area (Å²) in [5, 5.41) is 3.32. The maximum absolute atomic E-state index is 6.32. The van der Waals surface area contributed by atoms with E-state index in [1.807, 2.05) is 30.3 Å². The Labute approximate surface area is 187 Å². The molecule has 0 bridgehead atoms. The summed E-state index contributed by atoms with van der Waals surface area (Å²) in [4.78, 5) is 4.99. The van der Waals surface area contributed by atoms with Gasteiger partial charge in [-0.2, -0.15) is 0 Å². The first-order valence-electron chi connectivity index (χ1n) is 11.0. The first-order valence-corrected chi connectivity index (χ1v) is 11.0. The minimum atomic E-state index is -0.384. The summed E-state index contributed by atoms with van der Waals surface area (Å²) < 4.78 is 18.7. The summed E-state index contributed by atoms with van der Waals surface area (Å²) in [6.45, 7) is 8.27. The highest BCUT2D eigenvalue weighted by atomic mass is 16.7. The number of fused-ring (bicyclic) bond motifs is 5. The zero-order valence-electron chi connectivity index (χ0n) is 18.7. The van der Waals surface area contributed by atoms with Crippen LogP contribution in [0, 0.1) is 0 Å². The van der Waals surface area contributed by atoms with Crippen molar-refractivity contribution in [3.05, 3.63) is 72.8 Å². The van der Waals surface area contributed by atoms with Crippen molar-refractivity contribution >= 4 is 45.4 Å². The van der Waals surface area contributed by atoms with Gasteiger partial charge in [-0.15, -0.1) is 0 Å². The Bertz CT molecular complexity index is 1470. The number of hydrogen-bond donors (Lipinski definition) is 0. The third-order valence-corrected chi connectivity index (χ3v) is 6.93. The van der Waals surface area contributed by atoms with E-state index in [1.165, 1.54) is 0 Å². The van der Waals surface area contributed by atoms with Gasteiger partial charge in [0.25, 0.3) is 0 Å². The van der Waals surface area contributed by atoms with Crippen LogP contribution >= 0.6 is 0 Å². The fourth-order valence-corrected chi connectivity index (χ4v) is 4.41. The van der Waals surface area contributed by atoms with Crippen LogP contribution in [0.15, 0.2) is 77.2 Å². The Kier molecular flexibility index (Phi) is 4.08. The van der Waals surface area contributed by atoms with Gasteiger partial charge in [-0.25, -0.2) is 4.98 Å². The van der Waals surface area contributed by atoms with Crippen LogP contribution in [0.3, 0.4) is 0 Å². The largest absolute Gasteiger partial charge is 0.494 e. The third kappa shape index (κ3) is 2.82. The van der Waals surface area contributed by atoms with Gasteiger partial charge >= 0.3 is 7.12 Å². The zero-order chi connectivity index (χ0) is 22.1. The second kappa shape index (κ2) is 6.68. The summed E-state index contributed by atoms with van der Waals surface area (Å²) >= 11 is 0. The molecule has 32 heavy (non-hydrogen) atoms. The van der Waals surface area contributed by atoms with Crippen LogP contribution in [0.5, 0.6) is 0 Å². The number of benzene rings is 3. The van der Waals surface area contributed by atoms with Crippen molar-refractivity contribution < 1.29 is 13.7 Å². The number of hydrogen-bond acceptors (Lipinski definition) is 4. The van der Waals surface area contributed by atoms with Gasteiger partial charge in [-0.1, -0.05) is 60.7 Å². The predicted octanol–water partition coefficient (Wildman–Crippen LogP) is 6.10. The molecule has 1 aliphatic rings. The molecule has 0 amide bonds. The Balaban J connectivity index is 1.50. The van der Waals surface area contributed by atoms with E-state index in [2.05, 4.69) is 70.2 Å². The van der Waals surface area contributed by atoms with E-state index in [9.17, 15) is 0 Å². The Morgan fingerprint density at radius 1 is 0.719 bits per heavy atom. The Hall–Kier alpha value is -3.15. The maximum Gasteiger partial charge on any atom is 0.494 e. The van der Waals surface area contributed by atoms with Crippen molar-refractivity contribution in [1.82, 2.24) is 4.98 Å². The molecule has 4 nitrogen and oxygen atoms in total. The smallest absolute Gasteiger partial charge is 0.454 e. The summed E-state index contributed by atoms with van der Waals surface area (Å²) in [5.41, 5.74) is 4.75. The number of rotatable bonds is 2. The number of nitrogens with zero attached hydrogens (tertiary/aromatic N) is 1. The van der Waals surface area contributed by atoms with Crippen molar-refractivity contribution in [2.45, 2.75) is 38.9 Å². The van der Waals surface area contributed by atoms with Gasteiger partial charge in [-0.05, 0) is 45.3 Å². The molecule has 0 spiro atoms. The van der Waals surface area contributed by atoms with E-state index in [4.69, 9.17) is 18.7 Å². The lowest BCUT2D eigenvalue weighted by Gasteiger charge is -2.32. The molecule has 0 unspecified atom stereocenters. The maximum atomic E-state index is 6.32. The van der Waals surface area contributed by atoms with Gasteiger partial charge in [-0.3, -0.25) is 0 Å². The van der Waals surface area contributed by atoms with Gasteiger partial charge < -0.3 is 13.7 Å². The van der Waals surface area contributed by atoms with Crippen LogP contribution in [0.2, 0.25) is 0 Å². The lowest BCUT2D eigenvalue weighted by molar-refractivity contribution is 0.00578. The summed E-state index contributed by atoms with van der Waals surface area (Å²) in [6, 6.07) is 24.7. The highest BCUT2D eigenvalue weighted by molar-refractivity contribution is 6.62.